The fraction of sp³-hybridized carbons (Fsp3) is 0.235. The van der Waals surface area contributed by atoms with Crippen LogP contribution in [0.25, 0.3) is 0 Å². The first-order valence-corrected chi connectivity index (χ1v) is 8.47. The number of carbonyl (C=O) groups is 1. The molecule has 5 heteroatoms. The van der Waals surface area contributed by atoms with Crippen LogP contribution in [-0.2, 0) is 21.3 Å². The van der Waals surface area contributed by atoms with Gasteiger partial charge in [0.25, 0.3) is 0 Å². The van der Waals surface area contributed by atoms with Crippen molar-refractivity contribution in [2.75, 3.05) is 11.1 Å². The third kappa shape index (κ3) is 5.41. The highest BCUT2D eigenvalue weighted by Gasteiger charge is 2.07. The smallest absolute Gasteiger partial charge is 0.225 e. The molecule has 0 saturated heterocycles. The highest BCUT2D eigenvalue weighted by Crippen LogP contribution is 2.10. The molecule has 0 aromatic heterocycles. The first-order valence-electron chi connectivity index (χ1n) is 6.99. The number of rotatable bonds is 6. The molecular formula is C17H18FNO2S. The standard InChI is InChI=1S/C17H18FNO2S/c1-13-2-4-14(5-3-13)12-22(21)11-10-17(20)19-16-8-6-15(18)7-9-16/h2-9H,10-12H2,1H3,(H,19,20)/t22-/m1/s1. The molecule has 0 bridgehead atoms. The lowest BCUT2D eigenvalue weighted by molar-refractivity contribution is -0.115. The summed E-state index contributed by atoms with van der Waals surface area (Å²) in [4.78, 5) is 11.8. The molecule has 0 saturated carbocycles. The monoisotopic (exact) mass is 319 g/mol. The molecule has 0 aliphatic heterocycles. The highest BCUT2D eigenvalue weighted by molar-refractivity contribution is 7.84. The van der Waals surface area contributed by atoms with Crippen LogP contribution in [0.2, 0.25) is 0 Å². The number of nitrogens with one attached hydrogen (secondary N) is 1. The Morgan fingerprint density at radius 2 is 1.73 bits per heavy atom. The molecule has 0 radical (unpaired) electrons. The van der Waals surface area contributed by atoms with E-state index >= 15 is 0 Å². The topological polar surface area (TPSA) is 46.2 Å². The summed E-state index contributed by atoms with van der Waals surface area (Å²) in [5, 5.41) is 2.66. The molecule has 0 unspecified atom stereocenters. The van der Waals surface area contributed by atoms with Crippen molar-refractivity contribution in [3.8, 4) is 0 Å². The van der Waals surface area contributed by atoms with E-state index < -0.39 is 10.8 Å². The van der Waals surface area contributed by atoms with Crippen LogP contribution in [0.5, 0.6) is 0 Å². The average Bonchev–Trinajstić information content (AvgIpc) is 2.50. The molecule has 0 spiro atoms. The second kappa shape index (κ2) is 7.84. The van der Waals surface area contributed by atoms with E-state index in [2.05, 4.69) is 5.32 Å². The van der Waals surface area contributed by atoms with Crippen molar-refractivity contribution < 1.29 is 13.4 Å². The Morgan fingerprint density at radius 3 is 2.36 bits per heavy atom. The largest absolute Gasteiger partial charge is 0.326 e. The van der Waals surface area contributed by atoms with Gasteiger partial charge in [-0.3, -0.25) is 9.00 Å². The zero-order valence-electron chi connectivity index (χ0n) is 12.3. The van der Waals surface area contributed by atoms with Gasteiger partial charge < -0.3 is 5.32 Å². The Morgan fingerprint density at radius 1 is 1.09 bits per heavy atom. The van der Waals surface area contributed by atoms with Gasteiger partial charge in [-0.1, -0.05) is 29.8 Å². The molecule has 0 heterocycles. The minimum absolute atomic E-state index is 0.176. The summed E-state index contributed by atoms with van der Waals surface area (Å²) in [5.74, 6) is 0.187. The van der Waals surface area contributed by atoms with Crippen molar-refractivity contribution in [3.63, 3.8) is 0 Å². The summed E-state index contributed by atoms with van der Waals surface area (Å²) in [6, 6.07) is 13.4. The van der Waals surface area contributed by atoms with Crippen LogP contribution in [0, 0.1) is 12.7 Å². The van der Waals surface area contributed by atoms with E-state index in [-0.39, 0.29) is 18.1 Å². The number of anilines is 1. The maximum atomic E-state index is 12.8. The second-order valence-corrected chi connectivity index (χ2v) is 6.66. The van der Waals surface area contributed by atoms with Gasteiger partial charge >= 0.3 is 0 Å². The molecule has 1 amide bonds. The summed E-state index contributed by atoms with van der Waals surface area (Å²) in [6.45, 7) is 2.00. The lowest BCUT2D eigenvalue weighted by atomic mass is 10.2. The molecule has 0 aliphatic carbocycles. The van der Waals surface area contributed by atoms with E-state index in [0.717, 1.165) is 11.1 Å². The Hall–Kier alpha value is -2.01. The van der Waals surface area contributed by atoms with Gasteiger partial charge in [-0.15, -0.1) is 0 Å². The Balaban J connectivity index is 1.76. The summed E-state index contributed by atoms with van der Waals surface area (Å²) in [6.07, 6.45) is 0.176. The molecule has 116 valence electrons. The predicted molar refractivity (Wildman–Crippen MR) is 87.5 cm³/mol. The molecule has 2 aromatic rings. The number of hydrogen-bond donors (Lipinski definition) is 1. The Labute approximate surface area is 132 Å². The maximum absolute atomic E-state index is 12.8. The normalized spacial score (nSPS) is 11.9. The molecule has 2 aromatic carbocycles. The Bertz CT molecular complexity index is 594. The molecule has 0 aliphatic rings. The molecule has 3 nitrogen and oxygen atoms in total. The summed E-state index contributed by atoms with van der Waals surface area (Å²) in [5.41, 5.74) is 2.70. The van der Waals surface area contributed by atoms with Crippen molar-refractivity contribution in [2.24, 2.45) is 0 Å². The first kappa shape index (κ1) is 16.4. The van der Waals surface area contributed by atoms with Gasteiger partial charge in [0.05, 0.1) is 0 Å². The number of benzene rings is 2. The van der Waals surface area contributed by atoms with Gasteiger partial charge in [-0.25, -0.2) is 4.39 Å². The fourth-order valence-electron chi connectivity index (χ4n) is 1.91. The highest BCUT2D eigenvalue weighted by atomic mass is 32.2. The third-order valence-corrected chi connectivity index (χ3v) is 4.45. The number of hydrogen-bond acceptors (Lipinski definition) is 2. The quantitative estimate of drug-likeness (QED) is 0.887. The van der Waals surface area contributed by atoms with Crippen LogP contribution in [0.1, 0.15) is 17.5 Å². The zero-order chi connectivity index (χ0) is 15.9. The van der Waals surface area contributed by atoms with Crippen molar-refractivity contribution in [1.82, 2.24) is 0 Å². The molecule has 22 heavy (non-hydrogen) atoms. The summed E-state index contributed by atoms with van der Waals surface area (Å²) >= 11 is 0. The lowest BCUT2D eigenvalue weighted by Crippen LogP contribution is -2.15. The van der Waals surface area contributed by atoms with Crippen LogP contribution in [0.15, 0.2) is 48.5 Å². The van der Waals surface area contributed by atoms with E-state index in [1.165, 1.54) is 24.3 Å². The maximum Gasteiger partial charge on any atom is 0.225 e. The van der Waals surface area contributed by atoms with Crippen molar-refractivity contribution in [3.05, 3.63) is 65.5 Å². The molecule has 1 atom stereocenters. The van der Waals surface area contributed by atoms with E-state index in [9.17, 15) is 13.4 Å². The Kier molecular flexibility index (Phi) is 5.83. The molecular weight excluding hydrogens is 301 g/mol. The summed E-state index contributed by atoms with van der Waals surface area (Å²) < 4.78 is 24.7. The van der Waals surface area contributed by atoms with Gasteiger partial charge in [0.1, 0.15) is 5.82 Å². The van der Waals surface area contributed by atoms with Gasteiger partial charge in [-0.05, 0) is 36.8 Å². The van der Waals surface area contributed by atoms with E-state index in [1.807, 2.05) is 31.2 Å². The van der Waals surface area contributed by atoms with Crippen molar-refractivity contribution in [1.29, 1.82) is 0 Å². The first-order chi connectivity index (χ1) is 10.5. The van der Waals surface area contributed by atoms with Gasteiger partial charge in [0.15, 0.2) is 0 Å². The van der Waals surface area contributed by atoms with Crippen molar-refractivity contribution in [2.45, 2.75) is 19.1 Å². The lowest BCUT2D eigenvalue weighted by Gasteiger charge is -2.06. The van der Waals surface area contributed by atoms with Crippen LogP contribution < -0.4 is 5.32 Å². The van der Waals surface area contributed by atoms with E-state index in [0.29, 0.717) is 17.2 Å². The number of aryl methyl sites for hydroxylation is 1. The SMILES string of the molecule is Cc1ccc(C[S@](=O)CCC(=O)Nc2ccc(F)cc2)cc1. The third-order valence-electron chi connectivity index (χ3n) is 3.13. The minimum Gasteiger partial charge on any atom is -0.326 e. The number of halogens is 1. The second-order valence-electron chi connectivity index (χ2n) is 5.08. The predicted octanol–water partition coefficient (Wildman–Crippen LogP) is 3.41. The van der Waals surface area contributed by atoms with Crippen LogP contribution >= 0.6 is 0 Å². The van der Waals surface area contributed by atoms with Crippen LogP contribution in [-0.4, -0.2) is 15.9 Å². The fourth-order valence-corrected chi connectivity index (χ4v) is 3.03. The molecule has 1 N–H and O–H groups in total. The molecule has 0 fully saturated rings. The zero-order valence-corrected chi connectivity index (χ0v) is 13.2. The molecule has 2 rings (SSSR count). The van der Waals surface area contributed by atoms with Crippen LogP contribution in [0.3, 0.4) is 0 Å². The van der Waals surface area contributed by atoms with Gasteiger partial charge in [-0.2, -0.15) is 0 Å². The van der Waals surface area contributed by atoms with E-state index in [4.69, 9.17) is 0 Å². The number of amides is 1. The van der Waals surface area contributed by atoms with Crippen LogP contribution in [0.4, 0.5) is 10.1 Å². The minimum atomic E-state index is -1.08. The number of carbonyl (C=O) groups excluding carboxylic acids is 1. The summed E-state index contributed by atoms with van der Waals surface area (Å²) in [7, 11) is -1.08. The van der Waals surface area contributed by atoms with Crippen molar-refractivity contribution >= 4 is 22.4 Å². The van der Waals surface area contributed by atoms with Gasteiger partial charge in [0.2, 0.25) is 5.91 Å². The van der Waals surface area contributed by atoms with Gasteiger partial charge in [0, 0.05) is 34.4 Å². The van der Waals surface area contributed by atoms with E-state index in [1.54, 1.807) is 0 Å². The average molecular weight is 319 g/mol.